The minimum atomic E-state index is -3.98. The van der Waals surface area contributed by atoms with E-state index in [9.17, 15) is 32.4 Å². The smallest absolute Gasteiger partial charge is 0.261 e. The van der Waals surface area contributed by atoms with Crippen LogP contribution in [-0.2, 0) is 34.6 Å². The van der Waals surface area contributed by atoms with Gasteiger partial charge in [0.05, 0.1) is 11.4 Å². The van der Waals surface area contributed by atoms with Gasteiger partial charge in [-0.15, -0.1) is 0 Å². The summed E-state index contributed by atoms with van der Waals surface area (Å²) in [6, 6.07) is 17.1. The highest BCUT2D eigenvalue weighted by atomic mass is 32.2. The van der Waals surface area contributed by atoms with Gasteiger partial charge < -0.3 is 20.4 Å². The van der Waals surface area contributed by atoms with Gasteiger partial charge in [0, 0.05) is 72.5 Å². The van der Waals surface area contributed by atoms with E-state index >= 15 is 0 Å². The Morgan fingerprint density at radius 1 is 0.932 bits per heavy atom. The van der Waals surface area contributed by atoms with Crippen LogP contribution in [0.4, 0.5) is 28.8 Å². The zero-order valence-electron chi connectivity index (χ0n) is 33.1. The Bertz CT molecular complexity index is 2440. The standard InChI is InChI=1S/C41H46N10O7S/c1-24-22-44-40(48-36(24)46-29-10-7-11-31(59(42,57)58)34(29)41(2,3)4)45-25-12-14-26(15-13-25)49-18-20-50(21-19-49)33(53)23-43-35-27-8-5-6-9-28(27)38(55)51(39(35)56)30-16-17-32(52)47-37(30)54/h5-15,22,30,35,43H,16-21,23H2,1-4H3,(H2,42,57,58)(H,47,52,54)(H2,44,45,46,48). The Hall–Kier alpha value is -6.24. The molecule has 0 aliphatic carbocycles. The van der Waals surface area contributed by atoms with Gasteiger partial charge >= 0.3 is 0 Å². The maximum absolute atomic E-state index is 13.7. The van der Waals surface area contributed by atoms with E-state index in [0.717, 1.165) is 21.8 Å². The first kappa shape index (κ1) is 40.9. The highest BCUT2D eigenvalue weighted by Gasteiger charge is 2.46. The molecule has 59 heavy (non-hydrogen) atoms. The number of carbonyl (C=O) groups is 5. The second kappa shape index (κ2) is 16.2. The van der Waals surface area contributed by atoms with Crippen LogP contribution in [0.5, 0.6) is 0 Å². The molecule has 3 aromatic carbocycles. The third-order valence-electron chi connectivity index (χ3n) is 10.6. The monoisotopic (exact) mass is 822 g/mol. The summed E-state index contributed by atoms with van der Waals surface area (Å²) in [7, 11) is -3.98. The number of piperidine rings is 1. The molecule has 0 spiro atoms. The second-order valence-corrected chi connectivity index (χ2v) is 17.3. The SMILES string of the molecule is Cc1cnc(Nc2ccc(N3CCN(C(=O)CNC4C(=O)N(C5CCC(=O)NC5=O)C(=O)c5ccccc54)CC3)cc2)nc1Nc1cccc(S(N)(=O)=O)c1C(C)(C)C. The van der Waals surface area contributed by atoms with Crippen molar-refractivity contribution in [2.24, 2.45) is 5.14 Å². The summed E-state index contributed by atoms with van der Waals surface area (Å²) in [5, 5.41) is 17.4. The highest BCUT2D eigenvalue weighted by Crippen LogP contribution is 2.37. The molecule has 3 aliphatic heterocycles. The molecule has 5 amide bonds. The molecule has 2 atom stereocenters. The van der Waals surface area contributed by atoms with Crippen LogP contribution < -0.4 is 31.3 Å². The van der Waals surface area contributed by atoms with E-state index in [1.165, 1.54) is 6.07 Å². The number of amides is 5. The molecule has 6 N–H and O–H groups in total. The zero-order chi connectivity index (χ0) is 42.2. The van der Waals surface area contributed by atoms with Crippen LogP contribution in [0.25, 0.3) is 0 Å². The number of fused-ring (bicyclic) bond motifs is 1. The maximum Gasteiger partial charge on any atom is 0.261 e. The number of hydrogen-bond acceptors (Lipinski definition) is 13. The van der Waals surface area contributed by atoms with Crippen LogP contribution in [0.3, 0.4) is 0 Å². The van der Waals surface area contributed by atoms with Crippen molar-refractivity contribution in [2.75, 3.05) is 48.3 Å². The minimum Gasteiger partial charge on any atom is -0.368 e. The molecule has 1 aromatic heterocycles. The number of piperazine rings is 1. The number of hydrogen-bond donors (Lipinski definition) is 5. The van der Waals surface area contributed by atoms with Crippen molar-refractivity contribution in [3.05, 3.63) is 95.2 Å². The fraction of sp³-hybridized carbons (Fsp3) is 0.341. The summed E-state index contributed by atoms with van der Waals surface area (Å²) in [5.41, 5.74) is 3.70. The molecular weight excluding hydrogens is 777 g/mol. The first-order chi connectivity index (χ1) is 28.0. The van der Waals surface area contributed by atoms with Gasteiger partial charge in [0.1, 0.15) is 17.9 Å². The average Bonchev–Trinajstić information content (AvgIpc) is 3.19. The van der Waals surface area contributed by atoms with E-state index in [1.54, 1.807) is 47.5 Å². The van der Waals surface area contributed by atoms with Crippen LogP contribution in [0.2, 0.25) is 0 Å². The van der Waals surface area contributed by atoms with E-state index in [4.69, 9.17) is 5.14 Å². The number of aromatic nitrogens is 2. The van der Waals surface area contributed by atoms with Crippen LogP contribution in [-0.4, -0.2) is 96.5 Å². The van der Waals surface area contributed by atoms with Gasteiger partial charge in [-0.25, -0.2) is 18.5 Å². The first-order valence-electron chi connectivity index (χ1n) is 19.2. The number of sulfonamides is 1. The number of anilines is 5. The van der Waals surface area contributed by atoms with Gasteiger partial charge in [-0.3, -0.25) is 39.5 Å². The fourth-order valence-electron chi connectivity index (χ4n) is 7.67. The molecule has 2 saturated heterocycles. The lowest BCUT2D eigenvalue weighted by atomic mass is 9.85. The predicted octanol–water partition coefficient (Wildman–Crippen LogP) is 2.98. The summed E-state index contributed by atoms with van der Waals surface area (Å²) >= 11 is 0. The Morgan fingerprint density at radius 2 is 1.64 bits per heavy atom. The Morgan fingerprint density at radius 3 is 2.32 bits per heavy atom. The molecule has 7 rings (SSSR count). The fourth-order valence-corrected chi connectivity index (χ4v) is 8.64. The normalized spacial score (nSPS) is 18.7. The molecule has 0 saturated carbocycles. The van der Waals surface area contributed by atoms with Gasteiger partial charge in [0.25, 0.3) is 11.8 Å². The number of nitrogens with zero attached hydrogens (tertiary/aromatic N) is 5. The summed E-state index contributed by atoms with van der Waals surface area (Å²) < 4.78 is 24.9. The highest BCUT2D eigenvalue weighted by molar-refractivity contribution is 7.89. The molecule has 17 nitrogen and oxygen atoms in total. The van der Waals surface area contributed by atoms with Gasteiger partial charge in [-0.05, 0) is 66.8 Å². The van der Waals surface area contributed by atoms with Crippen molar-refractivity contribution >= 4 is 68.4 Å². The lowest BCUT2D eigenvalue weighted by Gasteiger charge is -2.39. The number of aryl methyl sites for hydroxylation is 1. The van der Waals surface area contributed by atoms with E-state index in [-0.39, 0.29) is 35.8 Å². The summed E-state index contributed by atoms with van der Waals surface area (Å²) in [6.07, 6.45) is 1.71. The molecule has 308 valence electrons. The molecule has 2 unspecified atom stereocenters. The quantitative estimate of drug-likeness (QED) is 0.145. The Kier molecular flexibility index (Phi) is 11.2. The van der Waals surface area contributed by atoms with Crippen LogP contribution in [0.1, 0.15) is 66.7 Å². The molecule has 2 fully saturated rings. The number of carbonyl (C=O) groups excluding carboxylic acids is 5. The Balaban J connectivity index is 0.957. The van der Waals surface area contributed by atoms with Gasteiger partial charge in [0.15, 0.2) is 0 Å². The summed E-state index contributed by atoms with van der Waals surface area (Å²) in [4.78, 5) is 78.9. The molecule has 4 aromatic rings. The van der Waals surface area contributed by atoms with Crippen molar-refractivity contribution in [2.45, 2.75) is 62.9 Å². The Labute approximate surface area is 341 Å². The number of imide groups is 2. The van der Waals surface area contributed by atoms with Crippen LogP contribution >= 0.6 is 0 Å². The zero-order valence-corrected chi connectivity index (χ0v) is 33.9. The first-order valence-corrected chi connectivity index (χ1v) is 20.7. The third kappa shape index (κ3) is 8.64. The van der Waals surface area contributed by atoms with Crippen molar-refractivity contribution in [3.8, 4) is 0 Å². The van der Waals surface area contributed by atoms with E-state index < -0.39 is 51.2 Å². The largest absolute Gasteiger partial charge is 0.368 e. The summed E-state index contributed by atoms with van der Waals surface area (Å²) in [6.45, 7) is 9.46. The van der Waals surface area contributed by atoms with E-state index in [2.05, 4.69) is 36.1 Å². The average molecular weight is 823 g/mol. The molecule has 0 bridgehead atoms. The van der Waals surface area contributed by atoms with Gasteiger partial charge in [0.2, 0.25) is 33.7 Å². The number of rotatable bonds is 10. The van der Waals surface area contributed by atoms with Crippen LogP contribution in [0, 0.1) is 6.92 Å². The summed E-state index contributed by atoms with van der Waals surface area (Å²) in [5.74, 6) is -1.80. The van der Waals surface area contributed by atoms with E-state index in [1.807, 2.05) is 52.0 Å². The van der Waals surface area contributed by atoms with Crippen molar-refractivity contribution in [1.29, 1.82) is 0 Å². The molecular formula is C41H46N10O7S. The van der Waals surface area contributed by atoms with Gasteiger partial charge in [-0.1, -0.05) is 45.0 Å². The molecule has 0 radical (unpaired) electrons. The lowest BCUT2D eigenvalue weighted by Crippen LogP contribution is -2.60. The van der Waals surface area contributed by atoms with Crippen molar-refractivity contribution < 1.29 is 32.4 Å². The van der Waals surface area contributed by atoms with Crippen molar-refractivity contribution in [1.82, 2.24) is 30.4 Å². The topological polar surface area (TPSA) is 229 Å². The maximum atomic E-state index is 13.7. The van der Waals surface area contributed by atoms with E-state index in [0.29, 0.717) is 54.8 Å². The third-order valence-corrected chi connectivity index (χ3v) is 11.6. The van der Waals surface area contributed by atoms with Crippen LogP contribution in [0.15, 0.2) is 77.8 Å². The molecule has 3 aliphatic rings. The number of nitrogens with two attached hydrogens (primary N) is 1. The number of benzene rings is 3. The molecule has 4 heterocycles. The van der Waals surface area contributed by atoms with Gasteiger partial charge in [-0.2, -0.15) is 4.98 Å². The number of primary sulfonamides is 1. The minimum absolute atomic E-state index is 0.00480. The predicted molar refractivity (Wildman–Crippen MR) is 220 cm³/mol. The molecule has 18 heteroatoms. The lowest BCUT2D eigenvalue weighted by molar-refractivity contribution is -0.145. The number of nitrogens with one attached hydrogen (secondary N) is 4. The second-order valence-electron chi connectivity index (χ2n) is 15.7. The van der Waals surface area contributed by atoms with Crippen molar-refractivity contribution in [3.63, 3.8) is 0 Å².